The third kappa shape index (κ3) is 2.06. The highest BCUT2D eigenvalue weighted by Crippen LogP contribution is 2.08. The fourth-order valence-corrected chi connectivity index (χ4v) is 1.17. The molecule has 0 fully saturated rings. The molecule has 0 aliphatic carbocycles. The molecule has 54 valence electrons. The summed E-state index contributed by atoms with van der Waals surface area (Å²) in [5, 5.41) is 0. The molecule has 0 aliphatic rings. The lowest BCUT2D eigenvalue weighted by Gasteiger charge is -2.26. The Morgan fingerprint density at radius 2 is 1.33 bits per heavy atom. The maximum absolute atomic E-state index is 4.95. The highest BCUT2D eigenvalue weighted by molar-refractivity contribution is 6.36. The predicted octanol–water partition coefficient (Wildman–Crippen LogP) is 0.289. The summed E-state index contributed by atoms with van der Waals surface area (Å²) in [5.41, 5.74) is -0.806. The van der Waals surface area contributed by atoms with Crippen LogP contribution in [0.3, 0.4) is 0 Å². The molecular weight excluding hydrogens is 136 g/mol. The first-order valence-corrected chi connectivity index (χ1v) is 4.09. The maximum Gasteiger partial charge on any atom is 0.250 e. The third-order valence-corrected chi connectivity index (χ3v) is 2.34. The summed E-state index contributed by atoms with van der Waals surface area (Å²) in [5.74, 6) is 0. The van der Waals surface area contributed by atoms with Gasteiger partial charge in [-0.1, -0.05) is 6.55 Å². The highest BCUT2D eigenvalue weighted by Gasteiger charge is 2.26. The first kappa shape index (κ1) is 9.10. The van der Waals surface area contributed by atoms with Gasteiger partial charge in [0.25, 0.3) is 5.60 Å². The van der Waals surface area contributed by atoms with Crippen LogP contribution in [-0.2, 0) is 14.2 Å². The monoisotopic (exact) mass is 148 g/mol. The van der Waals surface area contributed by atoms with E-state index >= 15 is 0 Å². The van der Waals surface area contributed by atoms with Gasteiger partial charge in [-0.15, -0.1) is 0 Å². The van der Waals surface area contributed by atoms with Gasteiger partial charge in [-0.3, -0.25) is 0 Å². The van der Waals surface area contributed by atoms with E-state index in [4.69, 9.17) is 14.2 Å². The van der Waals surface area contributed by atoms with Crippen molar-refractivity contribution in [3.63, 3.8) is 0 Å². The molecule has 0 aliphatic heterocycles. The van der Waals surface area contributed by atoms with E-state index in [0.29, 0.717) is 9.52 Å². The molecule has 3 nitrogen and oxygen atoms in total. The summed E-state index contributed by atoms with van der Waals surface area (Å²) in [4.78, 5) is 0. The molecule has 2 radical (unpaired) electrons. The second-order valence-corrected chi connectivity index (χ2v) is 2.53. The molecule has 0 saturated carbocycles. The Kier molecular flexibility index (Phi) is 4.04. The van der Waals surface area contributed by atoms with E-state index in [1.807, 2.05) is 6.55 Å². The van der Waals surface area contributed by atoms with Gasteiger partial charge in [-0.2, -0.15) is 0 Å². The van der Waals surface area contributed by atoms with Gasteiger partial charge in [0, 0.05) is 21.3 Å². The molecule has 0 atom stereocenters. The zero-order chi connectivity index (χ0) is 7.33. The largest absolute Gasteiger partial charge is 0.335 e. The minimum absolute atomic E-state index is 0.453. The molecule has 4 heteroatoms. The van der Waals surface area contributed by atoms with E-state index in [0.717, 1.165) is 0 Å². The van der Waals surface area contributed by atoms with Crippen LogP contribution in [0.25, 0.3) is 0 Å². The van der Waals surface area contributed by atoms with E-state index < -0.39 is 5.60 Å². The number of hydrogen-bond donors (Lipinski definition) is 0. The molecule has 0 aromatic rings. The molecular formula is C5H12O3Si. The van der Waals surface area contributed by atoms with Gasteiger partial charge in [0.15, 0.2) is 9.52 Å². The normalized spacial score (nSPS) is 12.0. The van der Waals surface area contributed by atoms with Crippen LogP contribution in [0.2, 0.25) is 6.55 Å². The third-order valence-electron chi connectivity index (χ3n) is 1.11. The minimum atomic E-state index is -0.806. The van der Waals surface area contributed by atoms with E-state index in [2.05, 4.69) is 0 Å². The van der Waals surface area contributed by atoms with Crippen LogP contribution in [0, 0.1) is 0 Å². The Morgan fingerprint density at radius 3 is 1.33 bits per heavy atom. The summed E-state index contributed by atoms with van der Waals surface area (Å²) in [6, 6.07) is 0. The average molecular weight is 148 g/mol. The second kappa shape index (κ2) is 4.00. The van der Waals surface area contributed by atoms with Gasteiger partial charge >= 0.3 is 0 Å². The molecule has 0 amide bonds. The molecule has 0 aromatic heterocycles. The Labute approximate surface area is 58.1 Å². The zero-order valence-electron chi connectivity index (χ0n) is 6.22. The summed E-state index contributed by atoms with van der Waals surface area (Å²) >= 11 is 0. The smallest absolute Gasteiger partial charge is 0.250 e. The molecule has 0 rings (SSSR count). The lowest BCUT2D eigenvalue weighted by Crippen LogP contribution is -2.40. The van der Waals surface area contributed by atoms with E-state index in [1.54, 1.807) is 21.3 Å². The van der Waals surface area contributed by atoms with E-state index in [9.17, 15) is 0 Å². The van der Waals surface area contributed by atoms with Crippen LogP contribution in [0.5, 0.6) is 0 Å². The number of hydrogen-bond acceptors (Lipinski definition) is 3. The van der Waals surface area contributed by atoms with Crippen molar-refractivity contribution < 1.29 is 14.2 Å². The molecule has 0 N–H and O–H groups in total. The van der Waals surface area contributed by atoms with E-state index in [-0.39, 0.29) is 0 Å². The standard InChI is InChI=1S/C5H12O3Si/c1-6-5(7-2,8-3)9-4/h1-4H3. The van der Waals surface area contributed by atoms with Crippen molar-refractivity contribution in [1.82, 2.24) is 0 Å². The second-order valence-electron chi connectivity index (χ2n) is 1.42. The lowest BCUT2D eigenvalue weighted by molar-refractivity contribution is -0.294. The van der Waals surface area contributed by atoms with Gasteiger partial charge in [-0.05, 0) is 0 Å². The van der Waals surface area contributed by atoms with Crippen molar-refractivity contribution in [3.05, 3.63) is 0 Å². The average Bonchev–Trinajstić information content (AvgIpc) is 1.95. The summed E-state index contributed by atoms with van der Waals surface area (Å²) in [6.45, 7) is 1.95. The number of rotatable bonds is 4. The molecule has 0 spiro atoms. The Morgan fingerprint density at radius 1 is 1.00 bits per heavy atom. The van der Waals surface area contributed by atoms with Crippen molar-refractivity contribution in [2.45, 2.75) is 12.1 Å². The lowest BCUT2D eigenvalue weighted by atomic mass is 11.1. The topological polar surface area (TPSA) is 27.7 Å². The summed E-state index contributed by atoms with van der Waals surface area (Å²) in [7, 11) is 5.13. The summed E-state index contributed by atoms with van der Waals surface area (Å²) < 4.78 is 14.9. The van der Waals surface area contributed by atoms with Crippen molar-refractivity contribution in [2.75, 3.05) is 21.3 Å². The first-order chi connectivity index (χ1) is 4.24. The fourth-order valence-electron chi connectivity index (χ4n) is 0.556. The molecule has 0 bridgehead atoms. The van der Waals surface area contributed by atoms with Crippen LogP contribution in [0.15, 0.2) is 0 Å². The fraction of sp³-hybridized carbons (Fsp3) is 1.00. The van der Waals surface area contributed by atoms with Gasteiger partial charge in [0.05, 0.1) is 0 Å². The minimum Gasteiger partial charge on any atom is -0.335 e. The Balaban J connectivity index is 3.82. The molecule has 0 heterocycles. The van der Waals surface area contributed by atoms with E-state index in [1.165, 1.54) is 0 Å². The predicted molar refractivity (Wildman–Crippen MR) is 35.4 cm³/mol. The maximum atomic E-state index is 4.95. The molecule has 0 aromatic carbocycles. The highest BCUT2D eigenvalue weighted by atomic mass is 28.2. The van der Waals surface area contributed by atoms with Crippen LogP contribution >= 0.6 is 0 Å². The molecule has 0 unspecified atom stereocenters. The van der Waals surface area contributed by atoms with Crippen LogP contribution in [0.1, 0.15) is 0 Å². The first-order valence-electron chi connectivity index (χ1n) is 2.59. The van der Waals surface area contributed by atoms with Gasteiger partial charge < -0.3 is 14.2 Å². The Bertz CT molecular complexity index is 55.1. The zero-order valence-corrected chi connectivity index (χ0v) is 7.22. The van der Waals surface area contributed by atoms with Crippen LogP contribution in [0.4, 0.5) is 0 Å². The number of methoxy groups -OCH3 is 3. The van der Waals surface area contributed by atoms with Gasteiger partial charge in [0.2, 0.25) is 0 Å². The number of ether oxygens (including phenoxy) is 3. The van der Waals surface area contributed by atoms with Crippen molar-refractivity contribution >= 4 is 9.52 Å². The summed E-state index contributed by atoms with van der Waals surface area (Å²) in [6.07, 6.45) is 0. The Hall–Kier alpha value is 0.0969. The van der Waals surface area contributed by atoms with Crippen molar-refractivity contribution in [3.8, 4) is 0 Å². The van der Waals surface area contributed by atoms with Crippen LogP contribution < -0.4 is 0 Å². The quantitative estimate of drug-likeness (QED) is 0.423. The van der Waals surface area contributed by atoms with Crippen molar-refractivity contribution in [2.24, 2.45) is 0 Å². The van der Waals surface area contributed by atoms with Crippen molar-refractivity contribution in [1.29, 1.82) is 0 Å². The molecule has 9 heavy (non-hydrogen) atoms. The van der Waals surface area contributed by atoms with Gasteiger partial charge in [-0.25, -0.2) is 0 Å². The SMILES string of the molecule is COC(OC)(OC)[Si]C. The van der Waals surface area contributed by atoms with Crippen LogP contribution in [-0.4, -0.2) is 36.4 Å². The van der Waals surface area contributed by atoms with Gasteiger partial charge in [0.1, 0.15) is 0 Å². The molecule has 0 saturated heterocycles.